The molecule has 39 heteroatoms. The van der Waals surface area contributed by atoms with Gasteiger partial charge in [-0.05, 0) is 12.1 Å². The van der Waals surface area contributed by atoms with Crippen LogP contribution in [-0.2, 0) is 71.1 Å². The summed E-state index contributed by atoms with van der Waals surface area (Å²) < 4.78 is 91.6. The Morgan fingerprint density at radius 3 is 0.957 bits per heavy atom. The van der Waals surface area contributed by atoms with Gasteiger partial charge in [0.1, 0.15) is 177 Å². The fourth-order valence-corrected chi connectivity index (χ4v) is 12.2. The first-order valence-electron chi connectivity index (χ1n) is 29.9. The molecule has 36 atom stereocenters. The van der Waals surface area contributed by atoms with Crippen LogP contribution in [0.2, 0.25) is 0 Å². The highest BCUT2D eigenvalue weighted by molar-refractivity contribution is 5.36. The summed E-state index contributed by atoms with van der Waals surface area (Å²) in [6.07, 6.45) is -66.7. The quantitative estimate of drug-likeness (QED) is 0.0384. The molecule has 8 fully saturated rings. The van der Waals surface area contributed by atoms with Gasteiger partial charge in [-0.2, -0.15) is 0 Å². The highest BCUT2D eigenvalue weighted by atomic mass is 16.8. The molecule has 8 heterocycles. The van der Waals surface area contributed by atoms with Crippen molar-refractivity contribution in [3.63, 3.8) is 0 Å². The monoisotopic (exact) mass is 1360 g/mol. The Morgan fingerprint density at radius 1 is 0.362 bits per heavy atom. The number of ether oxygens (including phenoxy) is 16. The van der Waals surface area contributed by atoms with Crippen LogP contribution in [0.1, 0.15) is 11.9 Å². The van der Waals surface area contributed by atoms with E-state index in [2.05, 4.69) is 0 Å². The average Bonchev–Trinajstić information content (AvgIpc) is 0.818. The molecule has 0 unspecified atom stereocenters. The summed E-state index contributed by atoms with van der Waals surface area (Å²) in [5, 5.41) is 231. The van der Waals surface area contributed by atoms with Crippen molar-refractivity contribution in [3.8, 4) is 5.75 Å². The fraction of sp³-hybridized carbons (Fsp3) is 0.782. The highest BCUT2D eigenvalue weighted by Gasteiger charge is 2.59. The maximum atomic E-state index is 11.4. The Balaban J connectivity index is 0.713. The second-order valence-corrected chi connectivity index (χ2v) is 23.4. The topological polar surface area (TPSA) is 595 Å². The second-order valence-electron chi connectivity index (χ2n) is 23.4. The zero-order valence-corrected chi connectivity index (χ0v) is 49.2. The molecule has 0 spiro atoms. The van der Waals surface area contributed by atoms with E-state index in [1.807, 2.05) is 0 Å². The van der Waals surface area contributed by atoms with Gasteiger partial charge >= 0.3 is 0 Å². The molecule has 8 saturated heterocycles. The standard InChI is InChI=1S/C55H79NO38/c57-10-20-41(27(63)34(70)49(81-20)80-19-8-6-18(7-9-19)56(77)78)89-50-35(71)28(64)42(21(11-58)82-50)90-51-36(72)29(65)43(22(12-59)83-51)91-52-37(73)30(66)44(23(13-60)84-52)92-53-38(74)31(67)45(24(14-61)85-53)93-54-39(75)32(68)46(25(15-62)86-54)94-55-40(76)33(69)47-26(87-55)16-79-48(88-47)17-4-2-1-3-5-17/h1-9,20-55,57-76H,10-16H2/t20-,21-,22-,23-,24-,25-,26-,27-,28-,29-,30-,31-,32-,33-,34-,35-,36-,37-,38-,39-,40-,41-,42-,43-,44-,45-,46-,47-,48-,49+,50-,51-,52-,53-,54-,55-/m1/s1. The zero-order valence-electron chi connectivity index (χ0n) is 49.2. The molecule has 0 aliphatic carbocycles. The van der Waals surface area contributed by atoms with Gasteiger partial charge in [-0.1, -0.05) is 30.3 Å². The van der Waals surface area contributed by atoms with E-state index in [9.17, 15) is 112 Å². The summed E-state index contributed by atoms with van der Waals surface area (Å²) in [7, 11) is 0. The molecule has 0 radical (unpaired) electrons. The van der Waals surface area contributed by atoms with Crippen LogP contribution in [0.3, 0.4) is 0 Å². The molecule has 532 valence electrons. The number of nitro benzene ring substituents is 1. The van der Waals surface area contributed by atoms with Crippen LogP contribution in [0.4, 0.5) is 5.69 Å². The molecule has 8 aliphatic heterocycles. The van der Waals surface area contributed by atoms with Crippen molar-refractivity contribution in [1.29, 1.82) is 0 Å². The summed E-state index contributed by atoms with van der Waals surface area (Å²) in [4.78, 5) is 10.4. The normalized spacial score (nSPS) is 47.7. The van der Waals surface area contributed by atoms with Gasteiger partial charge < -0.3 is 178 Å². The maximum Gasteiger partial charge on any atom is 0.269 e. The maximum absolute atomic E-state index is 11.4. The average molecular weight is 1360 g/mol. The molecular formula is C55H79NO38. The number of rotatable bonds is 22. The van der Waals surface area contributed by atoms with Gasteiger partial charge in [0.2, 0.25) is 6.29 Å². The zero-order chi connectivity index (χ0) is 67.7. The summed E-state index contributed by atoms with van der Waals surface area (Å²) in [6, 6.07) is 13.3. The minimum atomic E-state index is -2.24. The van der Waals surface area contributed by atoms with Crippen LogP contribution in [0.5, 0.6) is 5.75 Å². The number of non-ortho nitro benzene ring substituents is 1. The van der Waals surface area contributed by atoms with Gasteiger partial charge in [-0.3, -0.25) is 10.1 Å². The minimum Gasteiger partial charge on any atom is -0.462 e. The molecule has 39 nitrogen and oxygen atoms in total. The van der Waals surface area contributed by atoms with Crippen molar-refractivity contribution >= 4 is 5.69 Å². The smallest absolute Gasteiger partial charge is 0.269 e. The molecule has 94 heavy (non-hydrogen) atoms. The predicted molar refractivity (Wildman–Crippen MR) is 290 cm³/mol. The van der Waals surface area contributed by atoms with E-state index < -0.39 is 266 Å². The largest absolute Gasteiger partial charge is 0.462 e. The van der Waals surface area contributed by atoms with Crippen LogP contribution < -0.4 is 4.74 Å². The molecule has 0 bridgehead atoms. The Bertz CT molecular complexity index is 2670. The molecule has 2 aromatic carbocycles. The van der Waals surface area contributed by atoms with Crippen molar-refractivity contribution in [1.82, 2.24) is 0 Å². The number of aliphatic hydroxyl groups is 20. The van der Waals surface area contributed by atoms with Crippen LogP contribution in [0, 0.1) is 10.1 Å². The number of aliphatic hydroxyl groups excluding tert-OH is 20. The summed E-state index contributed by atoms with van der Waals surface area (Å²) in [5.41, 5.74) is 0.340. The lowest BCUT2D eigenvalue weighted by Gasteiger charge is -2.50. The molecule has 8 aliphatic rings. The Hall–Kier alpha value is -3.76. The lowest BCUT2D eigenvalue weighted by molar-refractivity contribution is -0.400. The summed E-state index contributed by atoms with van der Waals surface area (Å²) in [5.74, 6) is -0.0421. The van der Waals surface area contributed by atoms with Gasteiger partial charge in [0.25, 0.3) is 5.69 Å². The molecule has 0 aromatic heterocycles. The van der Waals surface area contributed by atoms with Crippen molar-refractivity contribution in [2.24, 2.45) is 0 Å². The Morgan fingerprint density at radius 2 is 0.649 bits per heavy atom. The van der Waals surface area contributed by atoms with Crippen LogP contribution >= 0.6 is 0 Å². The molecule has 20 N–H and O–H groups in total. The lowest BCUT2D eigenvalue weighted by atomic mass is 9.95. The van der Waals surface area contributed by atoms with E-state index in [0.717, 1.165) is 12.1 Å². The van der Waals surface area contributed by atoms with Crippen molar-refractivity contribution < 1.29 is 183 Å². The van der Waals surface area contributed by atoms with Gasteiger partial charge in [0.05, 0.1) is 51.2 Å². The van der Waals surface area contributed by atoms with E-state index in [-0.39, 0.29) is 18.0 Å². The number of benzene rings is 2. The highest BCUT2D eigenvalue weighted by Crippen LogP contribution is 2.40. The molecule has 2 aromatic rings. The SMILES string of the molecule is O=[N+]([O-])c1ccc(O[C@H]2O[C@H](CO)[C@@H](O[C@H]3O[C@H](CO)[C@@H](O[C@H]4O[C@H](CO)[C@@H](O[C@H]5O[C@H](CO)[C@@H](O[C@H]6O[C@H](CO)[C@@H](O[C@H]7O[C@H](CO)[C@@H](O[C@H]8O[C@@H]9CO[C@@H](c%10ccccc%10)O[C@H]9[C@H](O)[C@H]8O)[C@H](O)[C@H]7O)[C@H](O)[C@H]6O)[C@H](O)[C@H]5O)[C@H](O)[C@H]4O)[C@H](O)[C@H]3O)[C@H](O)[C@H]2O)cc1. The van der Waals surface area contributed by atoms with Crippen LogP contribution in [-0.4, -0.2) is 368 Å². The van der Waals surface area contributed by atoms with Gasteiger partial charge in [-0.25, -0.2) is 0 Å². The van der Waals surface area contributed by atoms with E-state index in [4.69, 9.17) is 75.8 Å². The predicted octanol–water partition coefficient (Wildman–Crippen LogP) is -11.5. The van der Waals surface area contributed by atoms with E-state index in [1.165, 1.54) is 12.1 Å². The first-order valence-corrected chi connectivity index (χ1v) is 29.9. The Kier molecular flexibility index (Phi) is 24.5. The number of fused-ring (bicyclic) bond motifs is 1. The third kappa shape index (κ3) is 15.1. The third-order valence-corrected chi connectivity index (χ3v) is 17.4. The molecule has 10 rings (SSSR count). The van der Waals surface area contributed by atoms with E-state index in [1.54, 1.807) is 30.3 Å². The molecule has 0 amide bonds. The van der Waals surface area contributed by atoms with Crippen LogP contribution in [0.15, 0.2) is 54.6 Å². The van der Waals surface area contributed by atoms with Crippen molar-refractivity contribution in [2.75, 3.05) is 46.2 Å². The number of hydrogen-bond acceptors (Lipinski definition) is 38. The number of hydrogen-bond donors (Lipinski definition) is 20. The lowest BCUT2D eigenvalue weighted by Crippen LogP contribution is -2.68. The first-order chi connectivity index (χ1) is 44.9. The molecular weight excluding hydrogens is 1280 g/mol. The Labute approximate surface area is 530 Å². The van der Waals surface area contributed by atoms with E-state index in [0.29, 0.717) is 5.56 Å². The third-order valence-electron chi connectivity index (χ3n) is 17.4. The molecule has 0 saturated carbocycles. The fourth-order valence-electron chi connectivity index (χ4n) is 12.2. The number of nitrogens with zero attached hydrogens (tertiary/aromatic N) is 1. The number of nitro groups is 1. The summed E-state index contributed by atoms with van der Waals surface area (Å²) in [6.45, 7) is -6.20. The van der Waals surface area contributed by atoms with Gasteiger partial charge in [0, 0.05) is 17.7 Å². The minimum absolute atomic E-state index is 0.0421. The van der Waals surface area contributed by atoms with Crippen molar-refractivity contribution in [2.45, 2.75) is 221 Å². The van der Waals surface area contributed by atoms with Crippen LogP contribution in [0.25, 0.3) is 0 Å². The summed E-state index contributed by atoms with van der Waals surface area (Å²) >= 11 is 0. The van der Waals surface area contributed by atoms with Crippen molar-refractivity contribution in [3.05, 3.63) is 70.3 Å². The van der Waals surface area contributed by atoms with Gasteiger partial charge in [-0.15, -0.1) is 0 Å². The first kappa shape index (κ1) is 73.0. The second kappa shape index (κ2) is 31.6. The van der Waals surface area contributed by atoms with Gasteiger partial charge in [0.15, 0.2) is 44.0 Å². The van der Waals surface area contributed by atoms with E-state index >= 15 is 0 Å².